The summed E-state index contributed by atoms with van der Waals surface area (Å²) in [7, 11) is 0. The molecule has 0 aliphatic heterocycles. The fourth-order valence-corrected chi connectivity index (χ4v) is 3.84. The molecule has 0 aliphatic carbocycles. The standard InChI is InChI=1S/C23H21ClF2N2O5/c1-10(20(30)27-23(3,4)22(32)33)16-11(2)28(21(31)12-6-5-7-13(24)8-12)15-9-14(25)19(29)18(26)17(15)16/h5-10,29H,1-4H3,(H,27,30)(H,32,33). The molecule has 0 fully saturated rings. The van der Waals surface area contributed by atoms with Crippen LogP contribution in [0.1, 0.15) is 48.3 Å². The fourth-order valence-electron chi connectivity index (χ4n) is 3.65. The first-order chi connectivity index (χ1) is 15.3. The van der Waals surface area contributed by atoms with Crippen LogP contribution in [0.3, 0.4) is 0 Å². The van der Waals surface area contributed by atoms with Gasteiger partial charge in [-0.05, 0) is 51.5 Å². The van der Waals surface area contributed by atoms with Gasteiger partial charge in [-0.15, -0.1) is 0 Å². The van der Waals surface area contributed by atoms with Crippen LogP contribution in [0.2, 0.25) is 5.02 Å². The largest absolute Gasteiger partial charge is 0.503 e. The maximum absolute atomic E-state index is 15.1. The molecule has 0 spiro atoms. The van der Waals surface area contributed by atoms with Crippen LogP contribution in [0, 0.1) is 18.6 Å². The predicted molar refractivity (Wildman–Crippen MR) is 118 cm³/mol. The summed E-state index contributed by atoms with van der Waals surface area (Å²) in [5.41, 5.74) is -1.56. The van der Waals surface area contributed by atoms with Gasteiger partial charge in [-0.25, -0.2) is 13.6 Å². The lowest BCUT2D eigenvalue weighted by molar-refractivity contribution is -0.146. The molecule has 1 aromatic heterocycles. The van der Waals surface area contributed by atoms with Crippen LogP contribution in [0.15, 0.2) is 30.3 Å². The number of nitrogens with zero attached hydrogens (tertiary/aromatic N) is 1. The van der Waals surface area contributed by atoms with Crippen molar-refractivity contribution in [3.05, 3.63) is 63.8 Å². The number of aromatic nitrogens is 1. The van der Waals surface area contributed by atoms with Gasteiger partial charge in [0.1, 0.15) is 5.54 Å². The van der Waals surface area contributed by atoms with Crippen molar-refractivity contribution in [1.82, 2.24) is 9.88 Å². The number of carboxylic acids is 1. The molecule has 0 bridgehead atoms. The molecule has 7 nitrogen and oxygen atoms in total. The van der Waals surface area contributed by atoms with Crippen molar-refractivity contribution >= 4 is 40.3 Å². The van der Waals surface area contributed by atoms with Crippen molar-refractivity contribution in [2.45, 2.75) is 39.2 Å². The van der Waals surface area contributed by atoms with E-state index in [0.29, 0.717) is 0 Å². The van der Waals surface area contributed by atoms with Crippen LogP contribution >= 0.6 is 11.6 Å². The lowest BCUT2D eigenvalue weighted by atomic mass is 9.95. The number of amides is 1. The van der Waals surface area contributed by atoms with Gasteiger partial charge in [0.2, 0.25) is 5.91 Å². The zero-order valence-corrected chi connectivity index (χ0v) is 18.9. The molecule has 174 valence electrons. The Kier molecular flexibility index (Phi) is 6.21. The summed E-state index contributed by atoms with van der Waals surface area (Å²) in [5, 5.41) is 21.5. The quantitative estimate of drug-likeness (QED) is 0.505. The Morgan fingerprint density at radius 1 is 1.18 bits per heavy atom. The molecular formula is C23H21ClF2N2O5. The Morgan fingerprint density at radius 2 is 1.82 bits per heavy atom. The van der Waals surface area contributed by atoms with Crippen LogP contribution in [-0.2, 0) is 9.59 Å². The Bertz CT molecular complexity index is 1320. The highest BCUT2D eigenvalue weighted by Gasteiger charge is 2.35. The van der Waals surface area contributed by atoms with Crippen molar-refractivity contribution in [2.24, 2.45) is 0 Å². The summed E-state index contributed by atoms with van der Waals surface area (Å²) in [6.45, 7) is 5.39. The van der Waals surface area contributed by atoms with Crippen molar-refractivity contribution in [3.63, 3.8) is 0 Å². The monoisotopic (exact) mass is 478 g/mol. The number of carbonyl (C=O) groups excluding carboxylic acids is 2. The van der Waals surface area contributed by atoms with E-state index in [1.54, 1.807) is 6.07 Å². The smallest absolute Gasteiger partial charge is 0.328 e. The number of aliphatic carboxylic acids is 1. The zero-order chi connectivity index (χ0) is 24.8. The lowest BCUT2D eigenvalue weighted by Gasteiger charge is -2.23. The number of nitrogens with one attached hydrogen (secondary N) is 1. The van der Waals surface area contributed by atoms with Crippen molar-refractivity contribution < 1.29 is 33.4 Å². The van der Waals surface area contributed by atoms with E-state index >= 15 is 4.39 Å². The first-order valence-electron chi connectivity index (χ1n) is 9.85. The highest BCUT2D eigenvalue weighted by atomic mass is 35.5. The molecular weight excluding hydrogens is 458 g/mol. The second kappa shape index (κ2) is 8.47. The molecule has 3 aromatic rings. The molecule has 1 amide bonds. The number of carboxylic acid groups (broad SMARTS) is 1. The number of hydrogen-bond donors (Lipinski definition) is 3. The number of fused-ring (bicyclic) bond motifs is 1. The molecule has 2 aromatic carbocycles. The zero-order valence-electron chi connectivity index (χ0n) is 18.2. The molecule has 1 heterocycles. The lowest BCUT2D eigenvalue weighted by Crippen LogP contribution is -2.50. The van der Waals surface area contributed by atoms with Gasteiger partial charge in [0, 0.05) is 27.7 Å². The fraction of sp³-hybridized carbons (Fsp3) is 0.261. The first-order valence-corrected chi connectivity index (χ1v) is 10.2. The van der Waals surface area contributed by atoms with Crippen LogP contribution < -0.4 is 5.32 Å². The Labute approximate surface area is 192 Å². The van der Waals surface area contributed by atoms with Crippen molar-refractivity contribution in [1.29, 1.82) is 0 Å². The minimum Gasteiger partial charge on any atom is -0.503 e. The SMILES string of the molecule is Cc1c(C(C)C(=O)NC(C)(C)C(=O)O)c2c(F)c(O)c(F)cc2n1C(=O)c1cccc(Cl)c1. The van der Waals surface area contributed by atoms with E-state index in [4.69, 9.17) is 11.6 Å². The van der Waals surface area contributed by atoms with Gasteiger partial charge in [-0.1, -0.05) is 17.7 Å². The average Bonchev–Trinajstić information content (AvgIpc) is 3.02. The van der Waals surface area contributed by atoms with E-state index in [1.807, 2.05) is 0 Å². The summed E-state index contributed by atoms with van der Waals surface area (Å²) in [6.07, 6.45) is 0. The van der Waals surface area contributed by atoms with Gasteiger partial charge < -0.3 is 15.5 Å². The van der Waals surface area contributed by atoms with Gasteiger partial charge in [0.25, 0.3) is 5.91 Å². The number of carbonyl (C=O) groups is 3. The van der Waals surface area contributed by atoms with E-state index in [2.05, 4.69) is 5.32 Å². The molecule has 33 heavy (non-hydrogen) atoms. The highest BCUT2D eigenvalue weighted by Crippen LogP contribution is 2.38. The first kappa shape index (κ1) is 24.2. The third-order valence-electron chi connectivity index (χ3n) is 5.48. The number of phenolic OH excluding ortho intramolecular Hbond substituents is 1. The molecule has 10 heteroatoms. The van der Waals surface area contributed by atoms with Crippen molar-refractivity contribution in [2.75, 3.05) is 0 Å². The van der Waals surface area contributed by atoms with Crippen LogP contribution in [0.5, 0.6) is 5.75 Å². The van der Waals surface area contributed by atoms with Crippen LogP contribution in [0.25, 0.3) is 10.9 Å². The maximum atomic E-state index is 15.1. The summed E-state index contributed by atoms with van der Waals surface area (Å²) >= 11 is 5.97. The number of hydrogen-bond acceptors (Lipinski definition) is 4. The topological polar surface area (TPSA) is 109 Å². The Hall–Kier alpha value is -3.46. The molecule has 3 rings (SSSR count). The molecule has 0 aliphatic rings. The summed E-state index contributed by atoms with van der Waals surface area (Å²) in [6, 6.07) is 6.75. The minimum absolute atomic E-state index is 0.00636. The second-order valence-electron chi connectivity index (χ2n) is 8.21. The maximum Gasteiger partial charge on any atom is 0.328 e. The molecule has 0 saturated carbocycles. The molecule has 1 unspecified atom stereocenters. The Morgan fingerprint density at radius 3 is 2.39 bits per heavy atom. The predicted octanol–water partition coefficient (Wildman–Crippen LogP) is 4.36. The summed E-state index contributed by atoms with van der Waals surface area (Å²) in [4.78, 5) is 37.6. The third kappa shape index (κ3) is 4.16. The highest BCUT2D eigenvalue weighted by molar-refractivity contribution is 6.31. The number of rotatable bonds is 5. The van der Waals surface area contributed by atoms with Gasteiger partial charge in [-0.3, -0.25) is 14.2 Å². The van der Waals surface area contributed by atoms with Crippen molar-refractivity contribution in [3.8, 4) is 5.75 Å². The molecule has 0 saturated heterocycles. The van der Waals surface area contributed by atoms with E-state index < -0.39 is 46.6 Å². The van der Waals surface area contributed by atoms with Gasteiger partial charge in [0.15, 0.2) is 17.4 Å². The number of benzene rings is 2. The van der Waals surface area contributed by atoms with Gasteiger partial charge >= 0.3 is 5.97 Å². The number of phenols is 1. The average molecular weight is 479 g/mol. The van der Waals surface area contributed by atoms with Crippen LogP contribution in [-0.4, -0.2) is 38.1 Å². The molecule has 0 radical (unpaired) electrons. The van der Waals surface area contributed by atoms with E-state index in [1.165, 1.54) is 45.9 Å². The van der Waals surface area contributed by atoms with E-state index in [0.717, 1.165) is 10.6 Å². The summed E-state index contributed by atoms with van der Waals surface area (Å²) < 4.78 is 30.4. The number of halogens is 3. The third-order valence-corrected chi connectivity index (χ3v) is 5.72. The second-order valence-corrected chi connectivity index (χ2v) is 8.64. The van der Waals surface area contributed by atoms with E-state index in [-0.39, 0.29) is 32.7 Å². The number of aromatic hydroxyl groups is 1. The molecule has 3 N–H and O–H groups in total. The summed E-state index contributed by atoms with van der Waals surface area (Å²) in [5.74, 6) is -7.74. The minimum atomic E-state index is -1.62. The Balaban J connectivity index is 2.27. The van der Waals surface area contributed by atoms with Gasteiger partial charge in [-0.2, -0.15) is 0 Å². The molecule has 1 atom stereocenters. The van der Waals surface area contributed by atoms with E-state index in [9.17, 15) is 29.0 Å². The van der Waals surface area contributed by atoms with Crippen LogP contribution in [0.4, 0.5) is 8.78 Å². The van der Waals surface area contributed by atoms with Gasteiger partial charge in [0.05, 0.1) is 11.4 Å². The normalized spacial score (nSPS) is 12.6.